The maximum Gasteiger partial charge on any atom is 0.247 e. The Hall–Kier alpha value is -3.00. The number of hydrogen-bond acceptors (Lipinski definition) is 6. The average Bonchev–Trinajstić information content (AvgIpc) is 3.14. The third-order valence-corrected chi connectivity index (χ3v) is 5.54. The van der Waals surface area contributed by atoms with E-state index in [1.54, 1.807) is 6.20 Å². The molecule has 1 aliphatic rings. The van der Waals surface area contributed by atoms with Crippen LogP contribution in [0.25, 0.3) is 11.0 Å². The smallest absolute Gasteiger partial charge is 0.247 e. The van der Waals surface area contributed by atoms with Crippen LogP contribution in [0.5, 0.6) is 5.75 Å². The molecule has 0 N–H and O–H groups in total. The highest BCUT2D eigenvalue weighted by Crippen LogP contribution is 2.34. The number of nitrogens with zero attached hydrogens (tertiary/aromatic N) is 4. The van der Waals surface area contributed by atoms with Gasteiger partial charge in [-0.2, -0.15) is 9.52 Å². The molecule has 0 saturated heterocycles. The number of sulfonamides is 1. The molecule has 0 spiro atoms. The van der Waals surface area contributed by atoms with Crippen LogP contribution in [0.1, 0.15) is 30.6 Å². The van der Waals surface area contributed by atoms with Crippen molar-refractivity contribution in [1.82, 2.24) is 14.4 Å². The number of hydrazone groups is 1. The van der Waals surface area contributed by atoms with Crippen molar-refractivity contribution in [2.24, 2.45) is 5.10 Å². The molecule has 2 aromatic carbocycles. The van der Waals surface area contributed by atoms with E-state index < -0.39 is 16.1 Å². The summed E-state index contributed by atoms with van der Waals surface area (Å²) in [5.74, 6) is 0.766. The van der Waals surface area contributed by atoms with E-state index in [1.807, 2.05) is 55.5 Å². The van der Waals surface area contributed by atoms with E-state index in [1.165, 1.54) is 0 Å². The molecule has 0 saturated carbocycles. The fourth-order valence-corrected chi connectivity index (χ4v) is 4.12. The number of para-hydroxylation sites is 2. The number of ether oxygens (including phenoxy) is 1. The Morgan fingerprint density at radius 2 is 1.82 bits per heavy atom. The van der Waals surface area contributed by atoms with Gasteiger partial charge in [-0.1, -0.05) is 12.1 Å². The van der Waals surface area contributed by atoms with E-state index in [9.17, 15) is 8.42 Å². The van der Waals surface area contributed by atoms with Crippen LogP contribution >= 0.6 is 0 Å². The summed E-state index contributed by atoms with van der Waals surface area (Å²) in [7, 11) is -3.56. The van der Waals surface area contributed by atoms with Gasteiger partial charge in [-0.15, -0.1) is 0 Å². The van der Waals surface area contributed by atoms with Gasteiger partial charge in [0.1, 0.15) is 11.8 Å². The summed E-state index contributed by atoms with van der Waals surface area (Å²) in [6, 6.07) is 14.5. The highest BCUT2D eigenvalue weighted by Gasteiger charge is 2.35. The van der Waals surface area contributed by atoms with Crippen molar-refractivity contribution < 1.29 is 13.2 Å². The fraction of sp³-hybridized carbons (Fsp3) is 0.250. The lowest BCUT2D eigenvalue weighted by Crippen LogP contribution is -2.26. The molecule has 3 aromatic rings. The van der Waals surface area contributed by atoms with Gasteiger partial charge in [-0.3, -0.25) is 4.98 Å². The molecule has 7 nitrogen and oxygen atoms in total. The molecule has 0 radical (unpaired) electrons. The minimum atomic E-state index is -3.56. The van der Waals surface area contributed by atoms with Crippen LogP contribution in [0.4, 0.5) is 0 Å². The Kier molecular flexibility index (Phi) is 4.72. The second-order valence-electron chi connectivity index (χ2n) is 6.54. The molecule has 0 amide bonds. The first kappa shape index (κ1) is 18.4. The molecule has 2 heterocycles. The largest absolute Gasteiger partial charge is 0.494 e. The molecule has 1 atom stereocenters. The molecule has 1 unspecified atom stereocenters. The lowest BCUT2D eigenvalue weighted by atomic mass is 10.0. The first-order valence-electron chi connectivity index (χ1n) is 8.97. The second kappa shape index (κ2) is 7.20. The summed E-state index contributed by atoms with van der Waals surface area (Å²) in [5, 5.41) is 4.40. The molecule has 8 heteroatoms. The summed E-state index contributed by atoms with van der Waals surface area (Å²) in [6.45, 7) is 2.51. The standard InChI is InChI=1S/C20H20N4O3S/c1-3-27-15-10-8-14(9-11-15)18-12-20(24(23-18)28(2,25)26)19-13-21-16-6-4-5-7-17(16)22-19/h4-11,13,20H,3,12H2,1-2H3. The van der Waals surface area contributed by atoms with Crippen LogP contribution in [-0.4, -0.2) is 41.4 Å². The zero-order valence-corrected chi connectivity index (χ0v) is 16.4. The van der Waals surface area contributed by atoms with Crippen molar-refractivity contribution >= 4 is 26.8 Å². The highest BCUT2D eigenvalue weighted by molar-refractivity contribution is 7.88. The van der Waals surface area contributed by atoms with Crippen LogP contribution < -0.4 is 4.74 Å². The predicted octanol–water partition coefficient (Wildman–Crippen LogP) is 3.14. The number of benzene rings is 2. The summed E-state index contributed by atoms with van der Waals surface area (Å²) in [5.41, 5.74) is 3.61. The molecule has 1 aromatic heterocycles. The molecule has 0 bridgehead atoms. The zero-order valence-electron chi connectivity index (χ0n) is 15.6. The third-order valence-electron chi connectivity index (χ3n) is 4.52. The van der Waals surface area contributed by atoms with Gasteiger partial charge in [0.05, 0.1) is 41.5 Å². The monoisotopic (exact) mass is 396 g/mol. The quantitative estimate of drug-likeness (QED) is 0.661. The molecule has 4 rings (SSSR count). The van der Waals surface area contributed by atoms with Gasteiger partial charge < -0.3 is 4.74 Å². The first-order chi connectivity index (χ1) is 13.5. The first-order valence-corrected chi connectivity index (χ1v) is 10.8. The van der Waals surface area contributed by atoms with Crippen LogP contribution in [0, 0.1) is 0 Å². The summed E-state index contributed by atoms with van der Waals surface area (Å²) in [6.07, 6.45) is 3.20. The van der Waals surface area contributed by atoms with Crippen LogP contribution in [-0.2, 0) is 10.0 Å². The fourth-order valence-electron chi connectivity index (χ4n) is 3.23. The zero-order chi connectivity index (χ0) is 19.7. The lowest BCUT2D eigenvalue weighted by molar-refractivity contribution is 0.340. The summed E-state index contributed by atoms with van der Waals surface area (Å²) >= 11 is 0. The molecule has 28 heavy (non-hydrogen) atoms. The Morgan fingerprint density at radius 3 is 2.50 bits per heavy atom. The summed E-state index contributed by atoms with van der Waals surface area (Å²) < 4.78 is 31.3. The molecule has 144 valence electrons. The van der Waals surface area contributed by atoms with Crippen molar-refractivity contribution in [2.45, 2.75) is 19.4 Å². The van der Waals surface area contributed by atoms with Gasteiger partial charge in [-0.25, -0.2) is 13.4 Å². The number of rotatable bonds is 5. The highest BCUT2D eigenvalue weighted by atomic mass is 32.2. The molecular formula is C20H20N4O3S. The van der Waals surface area contributed by atoms with Gasteiger partial charge >= 0.3 is 0 Å². The van der Waals surface area contributed by atoms with E-state index in [0.717, 1.165) is 33.0 Å². The van der Waals surface area contributed by atoms with Gasteiger partial charge in [0.25, 0.3) is 0 Å². The van der Waals surface area contributed by atoms with Gasteiger partial charge in [0.15, 0.2) is 0 Å². The van der Waals surface area contributed by atoms with Crippen LogP contribution in [0.15, 0.2) is 59.8 Å². The van der Waals surface area contributed by atoms with Gasteiger partial charge in [-0.05, 0) is 48.9 Å². The van der Waals surface area contributed by atoms with Crippen LogP contribution in [0.3, 0.4) is 0 Å². The van der Waals surface area contributed by atoms with Crippen molar-refractivity contribution in [3.63, 3.8) is 0 Å². The third kappa shape index (κ3) is 3.55. The topological polar surface area (TPSA) is 84.8 Å². The summed E-state index contributed by atoms with van der Waals surface area (Å²) in [4.78, 5) is 9.05. The Morgan fingerprint density at radius 1 is 1.11 bits per heavy atom. The Labute approximate surface area is 163 Å². The molecule has 0 fully saturated rings. The molecule has 1 aliphatic heterocycles. The van der Waals surface area contributed by atoms with Crippen LogP contribution in [0.2, 0.25) is 0 Å². The average molecular weight is 396 g/mol. The Bertz CT molecular complexity index is 1140. The minimum absolute atomic E-state index is 0.425. The van der Waals surface area contributed by atoms with E-state index >= 15 is 0 Å². The lowest BCUT2D eigenvalue weighted by Gasteiger charge is -2.20. The maximum absolute atomic E-state index is 12.3. The molecular weight excluding hydrogens is 376 g/mol. The Balaban J connectivity index is 1.70. The normalized spacial score (nSPS) is 17.0. The van der Waals surface area contributed by atoms with E-state index in [4.69, 9.17) is 4.74 Å². The SMILES string of the molecule is CCOc1ccc(C2=NN(S(C)(=O)=O)C(c3cnc4ccccc4n3)C2)cc1. The van der Waals surface area contributed by atoms with Crippen molar-refractivity contribution in [2.75, 3.05) is 12.9 Å². The van der Waals surface area contributed by atoms with Crippen molar-refractivity contribution in [1.29, 1.82) is 0 Å². The van der Waals surface area contributed by atoms with Gasteiger partial charge in [0.2, 0.25) is 10.0 Å². The van der Waals surface area contributed by atoms with E-state index in [2.05, 4.69) is 15.1 Å². The molecule has 0 aliphatic carbocycles. The van der Waals surface area contributed by atoms with Gasteiger partial charge in [0, 0.05) is 6.42 Å². The second-order valence-corrected chi connectivity index (χ2v) is 8.38. The maximum atomic E-state index is 12.3. The van der Waals surface area contributed by atoms with E-state index in [-0.39, 0.29) is 0 Å². The number of hydrogen-bond donors (Lipinski definition) is 0. The van der Waals surface area contributed by atoms with Crippen molar-refractivity contribution in [3.05, 3.63) is 66.0 Å². The minimum Gasteiger partial charge on any atom is -0.494 e. The number of aromatic nitrogens is 2. The number of fused-ring (bicyclic) bond motifs is 1. The van der Waals surface area contributed by atoms with E-state index in [0.29, 0.717) is 24.4 Å². The predicted molar refractivity (Wildman–Crippen MR) is 108 cm³/mol. The van der Waals surface area contributed by atoms with Crippen molar-refractivity contribution in [3.8, 4) is 5.75 Å².